The molecule has 0 spiro atoms. The van der Waals surface area contributed by atoms with Crippen molar-refractivity contribution < 1.29 is 17.7 Å². The zero-order valence-electron chi connectivity index (χ0n) is 13.2. The number of aryl methyl sites for hydroxylation is 1. The fourth-order valence-electron chi connectivity index (χ4n) is 2.56. The molecule has 3 aromatic carbocycles. The SMILES string of the molecule is Cc1ccc(S(=O)(=O)OC[C@@H](O)c2cccc3ccccc23)cc1. The minimum atomic E-state index is -3.89. The highest BCUT2D eigenvalue weighted by atomic mass is 32.2. The van der Waals surface area contributed by atoms with Gasteiger partial charge in [-0.25, -0.2) is 0 Å². The number of hydrogen-bond acceptors (Lipinski definition) is 4. The highest BCUT2D eigenvalue weighted by molar-refractivity contribution is 7.86. The van der Waals surface area contributed by atoms with Crippen LogP contribution in [0.2, 0.25) is 0 Å². The van der Waals surface area contributed by atoms with Gasteiger partial charge in [0.1, 0.15) is 6.10 Å². The summed E-state index contributed by atoms with van der Waals surface area (Å²) < 4.78 is 29.5. The molecular formula is C19H18O4S. The summed E-state index contributed by atoms with van der Waals surface area (Å²) in [6.07, 6.45) is -1.03. The molecule has 24 heavy (non-hydrogen) atoms. The normalized spacial score (nSPS) is 13.1. The molecule has 0 aliphatic carbocycles. The molecule has 1 atom stereocenters. The average molecular weight is 342 g/mol. The molecule has 0 aliphatic heterocycles. The van der Waals surface area contributed by atoms with Gasteiger partial charge in [-0.15, -0.1) is 0 Å². The van der Waals surface area contributed by atoms with Crippen molar-refractivity contribution in [2.24, 2.45) is 0 Å². The predicted octanol–water partition coefficient (Wildman–Crippen LogP) is 3.59. The minimum absolute atomic E-state index is 0.0817. The van der Waals surface area contributed by atoms with Gasteiger partial charge < -0.3 is 5.11 Å². The van der Waals surface area contributed by atoms with Gasteiger partial charge >= 0.3 is 0 Å². The van der Waals surface area contributed by atoms with Gasteiger partial charge in [-0.3, -0.25) is 4.18 Å². The monoisotopic (exact) mass is 342 g/mol. The Labute approximate surface area is 141 Å². The Morgan fingerprint density at radius 2 is 1.62 bits per heavy atom. The lowest BCUT2D eigenvalue weighted by Crippen LogP contribution is -2.13. The maximum Gasteiger partial charge on any atom is 0.297 e. The second-order valence-corrected chi connectivity index (χ2v) is 7.25. The molecule has 4 nitrogen and oxygen atoms in total. The molecule has 3 rings (SSSR count). The lowest BCUT2D eigenvalue weighted by molar-refractivity contribution is 0.112. The Bertz CT molecular complexity index is 941. The largest absolute Gasteiger partial charge is 0.386 e. The molecule has 0 aromatic heterocycles. The number of aliphatic hydroxyl groups excluding tert-OH is 1. The Morgan fingerprint density at radius 3 is 2.38 bits per heavy atom. The van der Waals surface area contributed by atoms with Gasteiger partial charge in [-0.1, -0.05) is 60.2 Å². The summed E-state index contributed by atoms with van der Waals surface area (Å²) in [5.74, 6) is 0. The highest BCUT2D eigenvalue weighted by Crippen LogP contribution is 2.25. The summed E-state index contributed by atoms with van der Waals surface area (Å²) in [6, 6.07) is 19.6. The summed E-state index contributed by atoms with van der Waals surface area (Å²) in [4.78, 5) is 0.0817. The van der Waals surface area contributed by atoms with Crippen molar-refractivity contribution >= 4 is 20.9 Å². The maximum absolute atomic E-state index is 12.2. The zero-order valence-corrected chi connectivity index (χ0v) is 14.0. The summed E-state index contributed by atoms with van der Waals surface area (Å²) >= 11 is 0. The van der Waals surface area contributed by atoms with Crippen LogP contribution < -0.4 is 0 Å². The van der Waals surface area contributed by atoms with Crippen LogP contribution in [-0.4, -0.2) is 20.1 Å². The van der Waals surface area contributed by atoms with E-state index >= 15 is 0 Å². The van der Waals surface area contributed by atoms with Crippen LogP contribution in [0.15, 0.2) is 71.6 Å². The Hall–Kier alpha value is -2.21. The first-order valence-electron chi connectivity index (χ1n) is 7.59. The van der Waals surface area contributed by atoms with E-state index in [0.717, 1.165) is 16.3 Å². The van der Waals surface area contributed by atoms with Crippen LogP contribution in [0.4, 0.5) is 0 Å². The van der Waals surface area contributed by atoms with E-state index in [-0.39, 0.29) is 11.5 Å². The van der Waals surface area contributed by atoms with E-state index in [2.05, 4.69) is 0 Å². The van der Waals surface area contributed by atoms with Gasteiger partial charge in [-0.05, 0) is 35.4 Å². The molecule has 5 heteroatoms. The van der Waals surface area contributed by atoms with Gasteiger partial charge in [0.2, 0.25) is 0 Å². The fraction of sp³-hybridized carbons (Fsp3) is 0.158. The summed E-state index contributed by atoms with van der Waals surface area (Å²) in [7, 11) is -3.89. The van der Waals surface area contributed by atoms with Gasteiger partial charge in [0, 0.05) is 0 Å². The molecule has 0 aliphatic rings. The standard InChI is InChI=1S/C19H18O4S/c1-14-9-11-16(12-10-14)24(21,22)23-13-19(20)18-8-4-6-15-5-2-3-7-17(15)18/h2-12,19-20H,13H2,1H3/t19-/m1/s1. The third-order valence-electron chi connectivity index (χ3n) is 3.87. The van der Waals surface area contributed by atoms with Gasteiger partial charge in [-0.2, -0.15) is 8.42 Å². The lowest BCUT2D eigenvalue weighted by Gasteiger charge is -2.14. The van der Waals surface area contributed by atoms with E-state index in [1.807, 2.05) is 43.3 Å². The Balaban J connectivity index is 1.79. The fourth-order valence-corrected chi connectivity index (χ4v) is 3.47. The van der Waals surface area contributed by atoms with Crippen molar-refractivity contribution in [3.63, 3.8) is 0 Å². The molecule has 0 amide bonds. The molecule has 0 unspecified atom stereocenters. The third kappa shape index (κ3) is 3.48. The first kappa shape index (κ1) is 16.6. The number of hydrogen-bond donors (Lipinski definition) is 1. The second-order valence-electron chi connectivity index (χ2n) is 5.64. The predicted molar refractivity (Wildman–Crippen MR) is 93.2 cm³/mol. The van der Waals surface area contributed by atoms with E-state index in [9.17, 15) is 13.5 Å². The van der Waals surface area contributed by atoms with Gasteiger partial charge in [0.15, 0.2) is 0 Å². The van der Waals surface area contributed by atoms with Crippen LogP contribution in [0.25, 0.3) is 10.8 Å². The van der Waals surface area contributed by atoms with Crippen molar-refractivity contribution in [1.29, 1.82) is 0 Å². The molecule has 0 fully saturated rings. The van der Waals surface area contributed by atoms with Gasteiger partial charge in [0.05, 0.1) is 11.5 Å². The summed E-state index contributed by atoms with van der Waals surface area (Å²) in [5.41, 5.74) is 1.61. The minimum Gasteiger partial charge on any atom is -0.386 e. The van der Waals surface area contributed by atoms with Crippen molar-refractivity contribution in [1.82, 2.24) is 0 Å². The summed E-state index contributed by atoms with van der Waals surface area (Å²) in [6.45, 7) is 1.55. The van der Waals surface area contributed by atoms with E-state index in [4.69, 9.17) is 4.18 Å². The summed E-state index contributed by atoms with van der Waals surface area (Å²) in [5, 5.41) is 12.2. The van der Waals surface area contributed by atoms with Crippen LogP contribution in [0.5, 0.6) is 0 Å². The molecule has 0 heterocycles. The van der Waals surface area contributed by atoms with Crippen molar-refractivity contribution in [2.45, 2.75) is 17.9 Å². The first-order chi connectivity index (χ1) is 11.5. The Kier molecular flexibility index (Phi) is 4.66. The number of rotatable bonds is 5. The Morgan fingerprint density at radius 1 is 0.958 bits per heavy atom. The number of fused-ring (bicyclic) bond motifs is 1. The molecule has 124 valence electrons. The molecular weight excluding hydrogens is 324 g/mol. The second kappa shape index (κ2) is 6.73. The van der Waals surface area contributed by atoms with Crippen molar-refractivity contribution in [3.8, 4) is 0 Å². The van der Waals surface area contributed by atoms with Crippen LogP contribution >= 0.6 is 0 Å². The molecule has 0 radical (unpaired) electrons. The third-order valence-corrected chi connectivity index (χ3v) is 5.17. The average Bonchev–Trinajstić information content (AvgIpc) is 2.59. The van der Waals surface area contributed by atoms with Crippen LogP contribution in [0.3, 0.4) is 0 Å². The smallest absolute Gasteiger partial charge is 0.297 e. The molecule has 0 saturated carbocycles. The molecule has 0 saturated heterocycles. The zero-order chi connectivity index (χ0) is 17.2. The van der Waals surface area contributed by atoms with E-state index < -0.39 is 16.2 Å². The maximum atomic E-state index is 12.2. The topological polar surface area (TPSA) is 63.6 Å². The first-order valence-corrected chi connectivity index (χ1v) is 9.00. The molecule has 1 N–H and O–H groups in total. The molecule has 3 aromatic rings. The van der Waals surface area contributed by atoms with Crippen molar-refractivity contribution in [2.75, 3.05) is 6.61 Å². The van der Waals surface area contributed by atoms with Gasteiger partial charge in [0.25, 0.3) is 10.1 Å². The van der Waals surface area contributed by atoms with Crippen molar-refractivity contribution in [3.05, 3.63) is 77.9 Å². The van der Waals surface area contributed by atoms with E-state index in [0.29, 0.717) is 5.56 Å². The van der Waals surface area contributed by atoms with E-state index in [1.165, 1.54) is 12.1 Å². The van der Waals surface area contributed by atoms with Crippen LogP contribution in [-0.2, 0) is 14.3 Å². The number of benzene rings is 3. The van der Waals surface area contributed by atoms with E-state index in [1.54, 1.807) is 18.2 Å². The highest BCUT2D eigenvalue weighted by Gasteiger charge is 2.19. The quantitative estimate of drug-likeness (QED) is 0.720. The number of aliphatic hydroxyl groups is 1. The van der Waals surface area contributed by atoms with Crippen LogP contribution in [0, 0.1) is 6.92 Å². The lowest BCUT2D eigenvalue weighted by atomic mass is 10.0. The van der Waals surface area contributed by atoms with Crippen LogP contribution in [0.1, 0.15) is 17.2 Å². The molecule has 0 bridgehead atoms.